The van der Waals surface area contributed by atoms with Gasteiger partial charge in [-0.05, 0) is 55.9 Å². The summed E-state index contributed by atoms with van der Waals surface area (Å²) >= 11 is 0. The normalized spacial score (nSPS) is 20.0. The number of amides is 1. The third kappa shape index (κ3) is 3.96. The predicted molar refractivity (Wildman–Crippen MR) is 133 cm³/mol. The Labute approximate surface area is 208 Å². The van der Waals surface area contributed by atoms with E-state index in [0.717, 1.165) is 66.1 Å². The number of anilines is 2. The molecule has 180 valence electrons. The minimum atomic E-state index is -2.63. The van der Waals surface area contributed by atoms with Crippen molar-refractivity contribution >= 4 is 23.3 Å². The lowest BCUT2D eigenvalue weighted by Gasteiger charge is -2.34. The number of cyclic esters (lactones) is 1. The van der Waals surface area contributed by atoms with Crippen molar-refractivity contribution in [1.29, 1.82) is 0 Å². The Morgan fingerprint density at radius 3 is 2.71 bits per heavy atom. The summed E-state index contributed by atoms with van der Waals surface area (Å²) in [6.45, 7) is 0.946. The fourth-order valence-electron chi connectivity index (χ4n) is 5.14. The highest BCUT2D eigenvalue weighted by atomic mass is 16.6. The first-order valence-electron chi connectivity index (χ1n) is 13.6. The van der Waals surface area contributed by atoms with Crippen LogP contribution in [-0.2, 0) is 11.3 Å². The number of fused-ring (bicyclic) bond motifs is 1. The summed E-state index contributed by atoms with van der Waals surface area (Å²) in [7, 11) is 0. The molecule has 6 rings (SSSR count). The van der Waals surface area contributed by atoms with Crippen LogP contribution in [0, 0.1) is 12.8 Å². The van der Waals surface area contributed by atoms with Crippen LogP contribution in [0.15, 0.2) is 43.0 Å². The molecule has 0 bridgehead atoms. The van der Waals surface area contributed by atoms with E-state index in [1.807, 2.05) is 36.1 Å². The first kappa shape index (κ1) is 18.6. The highest BCUT2D eigenvalue weighted by Crippen LogP contribution is 2.37. The third-order valence-electron chi connectivity index (χ3n) is 7.37. The Kier molecular flexibility index (Phi) is 4.53. The maximum Gasteiger partial charge on any atom is 0.414 e. The Balaban J connectivity index is 1.19. The number of hydrogen-bond donors (Lipinski definition) is 0. The van der Waals surface area contributed by atoms with Crippen LogP contribution in [0.2, 0.25) is 0 Å². The Bertz CT molecular complexity index is 1410. The predicted octanol–water partition coefficient (Wildman–Crippen LogP) is 4.77. The molecular formula is C27H29N5O3. The van der Waals surface area contributed by atoms with E-state index >= 15 is 0 Å². The number of ether oxygens (including phenoxy) is 1. The zero-order valence-electron chi connectivity index (χ0n) is 22.6. The molecule has 1 saturated heterocycles. The number of nitrogens with zero attached hydrogens (tertiary/aromatic N) is 5. The summed E-state index contributed by atoms with van der Waals surface area (Å²) in [6, 6.07) is 5.80. The fraction of sp³-hybridized carbons (Fsp3) is 0.407. The van der Waals surface area contributed by atoms with Gasteiger partial charge in [0.25, 0.3) is 0 Å². The second-order valence-corrected chi connectivity index (χ2v) is 9.63. The van der Waals surface area contributed by atoms with Crippen LogP contribution in [0.4, 0.5) is 16.2 Å². The molecule has 1 amide bonds. The highest BCUT2D eigenvalue weighted by molar-refractivity contribution is 5.97. The molecule has 0 atom stereocenters. The molecular weight excluding hydrogens is 442 g/mol. The van der Waals surface area contributed by atoms with Crippen LogP contribution in [0.3, 0.4) is 0 Å². The lowest BCUT2D eigenvalue weighted by atomic mass is 9.89. The summed E-state index contributed by atoms with van der Waals surface area (Å²) in [5.74, 6) is 0.171. The zero-order chi connectivity index (χ0) is 26.6. The van der Waals surface area contributed by atoms with Crippen LogP contribution in [0.5, 0.6) is 0 Å². The second-order valence-electron chi connectivity index (χ2n) is 9.63. The number of benzene rings is 1. The van der Waals surface area contributed by atoms with Crippen LogP contribution in [0.25, 0.3) is 11.1 Å². The van der Waals surface area contributed by atoms with Crippen molar-refractivity contribution in [1.82, 2.24) is 14.8 Å². The maximum atomic E-state index is 13.1. The smallest absolute Gasteiger partial charge is 0.414 e. The molecule has 3 aliphatic rings. The van der Waals surface area contributed by atoms with Gasteiger partial charge in [-0.15, -0.1) is 0 Å². The van der Waals surface area contributed by atoms with Gasteiger partial charge < -0.3 is 9.64 Å². The van der Waals surface area contributed by atoms with Crippen LogP contribution in [0.1, 0.15) is 57.3 Å². The molecule has 2 aromatic heterocycles. The minimum Gasteiger partial charge on any atom is -0.444 e. The molecule has 3 aromatic rings. The van der Waals surface area contributed by atoms with Gasteiger partial charge in [-0.2, -0.15) is 5.10 Å². The van der Waals surface area contributed by atoms with E-state index in [9.17, 15) is 9.59 Å². The zero-order valence-corrected chi connectivity index (χ0v) is 19.6. The molecule has 2 fully saturated rings. The molecule has 2 aliphatic heterocycles. The van der Waals surface area contributed by atoms with E-state index < -0.39 is 13.1 Å². The van der Waals surface area contributed by atoms with Crippen LogP contribution in [-0.4, -0.2) is 46.7 Å². The second kappa shape index (κ2) is 8.52. The van der Waals surface area contributed by atoms with Crippen molar-refractivity contribution in [3.8, 4) is 11.1 Å². The topological polar surface area (TPSA) is 80.6 Å². The quantitative estimate of drug-likeness (QED) is 0.496. The van der Waals surface area contributed by atoms with Gasteiger partial charge in [0.2, 0.25) is 0 Å². The molecule has 0 spiro atoms. The number of hydrogen-bond acceptors (Lipinski definition) is 6. The first-order valence-corrected chi connectivity index (χ1v) is 12.1. The number of Topliss-reactive ketones (excluding diaryl/α,β-unsaturated/α-hetero) is 1. The molecule has 1 aromatic carbocycles. The lowest BCUT2D eigenvalue weighted by molar-refractivity contribution is 0.0900. The molecule has 4 heterocycles. The molecule has 0 radical (unpaired) electrons. The number of piperidine rings is 1. The van der Waals surface area contributed by atoms with Gasteiger partial charge in [-0.25, -0.2) is 4.79 Å². The van der Waals surface area contributed by atoms with Gasteiger partial charge in [0.05, 0.1) is 35.4 Å². The maximum absolute atomic E-state index is 13.1. The summed E-state index contributed by atoms with van der Waals surface area (Å²) in [5.41, 5.74) is 5.54. The number of aromatic nitrogens is 3. The molecule has 1 aliphatic carbocycles. The third-order valence-corrected chi connectivity index (χ3v) is 7.37. The minimum absolute atomic E-state index is 0.0101. The Morgan fingerprint density at radius 2 is 1.94 bits per heavy atom. The van der Waals surface area contributed by atoms with E-state index in [4.69, 9.17) is 8.85 Å². The molecule has 1 saturated carbocycles. The van der Waals surface area contributed by atoms with Gasteiger partial charge in [0.15, 0.2) is 5.78 Å². The Hall–Kier alpha value is -3.68. The summed E-state index contributed by atoms with van der Waals surface area (Å²) in [4.78, 5) is 32.7. The first-order chi connectivity index (χ1) is 18.2. The van der Waals surface area contributed by atoms with Gasteiger partial charge in [0.1, 0.15) is 6.61 Å². The van der Waals surface area contributed by atoms with E-state index in [1.54, 1.807) is 18.5 Å². The number of carbonyl (C=O) groups is 2. The van der Waals surface area contributed by atoms with E-state index in [-0.39, 0.29) is 18.3 Å². The number of rotatable bonds is 5. The largest absolute Gasteiger partial charge is 0.444 e. The van der Waals surface area contributed by atoms with Crippen molar-refractivity contribution in [2.45, 2.75) is 45.3 Å². The van der Waals surface area contributed by atoms with Crippen molar-refractivity contribution in [2.24, 2.45) is 5.92 Å². The number of pyridine rings is 1. The van der Waals surface area contributed by atoms with Crippen molar-refractivity contribution in [3.05, 3.63) is 59.7 Å². The van der Waals surface area contributed by atoms with Crippen LogP contribution < -0.4 is 9.80 Å². The van der Waals surface area contributed by atoms with Gasteiger partial charge >= 0.3 is 6.09 Å². The van der Waals surface area contributed by atoms with Gasteiger partial charge in [-0.1, -0.05) is 6.07 Å². The molecule has 0 N–H and O–H groups in total. The number of carbonyl (C=O) groups excluding carboxylic acids is 2. The molecule has 0 unspecified atom stereocenters. The van der Waals surface area contributed by atoms with E-state index in [1.165, 1.54) is 0 Å². The van der Waals surface area contributed by atoms with Gasteiger partial charge in [0, 0.05) is 53.6 Å². The summed E-state index contributed by atoms with van der Waals surface area (Å²) in [5, 5.41) is 4.38. The van der Waals surface area contributed by atoms with E-state index in [2.05, 4.69) is 15.0 Å². The van der Waals surface area contributed by atoms with Crippen molar-refractivity contribution in [2.75, 3.05) is 29.9 Å². The molecule has 35 heavy (non-hydrogen) atoms. The molecule has 8 nitrogen and oxygen atoms in total. The van der Waals surface area contributed by atoms with Crippen molar-refractivity contribution in [3.63, 3.8) is 0 Å². The Morgan fingerprint density at radius 1 is 1.11 bits per heavy atom. The average Bonchev–Trinajstić information content (AvgIpc) is 3.63. The monoisotopic (exact) mass is 474 g/mol. The standard InChI is InChI=1S/C27H29N5O3/c1-17-23(19-3-6-24-20(11-19)16-35-27(34)30(24)2)13-28-14-25(17)31-9-7-18(8-10-31)26(33)21-12-29-32(15-21)22-4-5-22/h3,6,11-15,18,22H,4-5,7-10,16H2,1-2H3/i2D3. The van der Waals surface area contributed by atoms with E-state index in [0.29, 0.717) is 22.9 Å². The fourth-order valence-corrected chi connectivity index (χ4v) is 5.14. The summed E-state index contributed by atoms with van der Waals surface area (Å²) in [6.07, 6.45) is 10.2. The average molecular weight is 475 g/mol. The highest BCUT2D eigenvalue weighted by Gasteiger charge is 2.30. The number of ketones is 1. The van der Waals surface area contributed by atoms with Crippen LogP contribution >= 0.6 is 0 Å². The lowest BCUT2D eigenvalue weighted by Crippen LogP contribution is -2.36. The van der Waals surface area contributed by atoms with Crippen molar-refractivity contribution < 1.29 is 18.4 Å². The SMILES string of the molecule is [2H]C([2H])([2H])N1C(=O)OCc2cc(-c3cncc(N4CCC(C(=O)c5cnn(C6CC6)c5)CC4)c3C)ccc21. The molecule has 8 heteroatoms. The van der Waals surface area contributed by atoms with Gasteiger partial charge in [-0.3, -0.25) is 19.4 Å². The summed E-state index contributed by atoms with van der Waals surface area (Å²) < 4.78 is 30.2.